The molecule has 0 N–H and O–H groups in total. The van der Waals surface area contributed by atoms with Gasteiger partial charge < -0.3 is 0 Å². The molecule has 0 fully saturated rings. The highest BCUT2D eigenvalue weighted by atomic mass is 14.2. The van der Waals surface area contributed by atoms with Gasteiger partial charge in [0.25, 0.3) is 0 Å². The molecule has 0 bridgehead atoms. The lowest BCUT2D eigenvalue weighted by molar-refractivity contribution is 1.55. The largest absolute Gasteiger partial charge is 0.183 e. The Kier molecular flexibility index (Phi) is 13.7. The van der Waals surface area contributed by atoms with E-state index in [2.05, 4.69) is 124 Å². The Morgan fingerprint density at radius 3 is 0.750 bits per heavy atom. The van der Waals surface area contributed by atoms with Crippen molar-refractivity contribution in [1.29, 1.82) is 5.26 Å². The van der Waals surface area contributed by atoms with Crippen molar-refractivity contribution in [3.05, 3.63) is 0 Å². The van der Waals surface area contributed by atoms with E-state index in [1.54, 1.807) is 6.07 Å². The first-order valence-corrected chi connectivity index (χ1v) is 5.76. The Morgan fingerprint density at radius 2 is 0.542 bits per heavy atom. The molecule has 0 aromatic heterocycles. The quantitative estimate of drug-likeness (QED) is 0.584. The molecular weight excluding hydrogens is 290 g/mol. The molecular formula is C23HN. The fourth-order valence-corrected chi connectivity index (χ4v) is 0.627. The molecule has 0 aromatic carbocycles. The summed E-state index contributed by atoms with van der Waals surface area (Å²) in [7, 11) is 0. The van der Waals surface area contributed by atoms with E-state index in [-0.39, 0.29) is 0 Å². The summed E-state index contributed by atoms with van der Waals surface area (Å²) in [5.41, 5.74) is 0. The van der Waals surface area contributed by atoms with Crippen LogP contribution in [0.4, 0.5) is 0 Å². The van der Waals surface area contributed by atoms with Gasteiger partial charge in [0.15, 0.2) is 6.07 Å². The summed E-state index contributed by atoms with van der Waals surface area (Å²) < 4.78 is 0. The van der Waals surface area contributed by atoms with E-state index in [1.165, 1.54) is 0 Å². The third kappa shape index (κ3) is 16.6. The first-order chi connectivity index (χ1) is 11.9. The molecule has 0 spiro atoms. The van der Waals surface area contributed by atoms with Gasteiger partial charge in [-0.15, -0.1) is 6.42 Å². The van der Waals surface area contributed by atoms with Crippen LogP contribution < -0.4 is 0 Å². The van der Waals surface area contributed by atoms with Crippen LogP contribution >= 0.6 is 0 Å². The number of hydrogen-bond acceptors (Lipinski definition) is 1. The SMILES string of the molecule is C#CC#CC#CC#CC#CC#CC#CC#CC#CC#CC#CC#N. The highest BCUT2D eigenvalue weighted by molar-refractivity contribution is 5.47. The van der Waals surface area contributed by atoms with E-state index >= 15 is 0 Å². The third-order valence-electron chi connectivity index (χ3n) is 1.32. The second-order valence-corrected chi connectivity index (χ2v) is 2.76. The van der Waals surface area contributed by atoms with E-state index in [0.717, 1.165) is 0 Å². The number of nitriles is 1. The summed E-state index contributed by atoms with van der Waals surface area (Å²) in [6, 6.07) is 1.62. The summed E-state index contributed by atoms with van der Waals surface area (Å²) in [4.78, 5) is 0. The molecule has 0 unspecified atom stereocenters. The van der Waals surface area contributed by atoms with Crippen molar-refractivity contribution < 1.29 is 0 Å². The smallest absolute Gasteiger partial charge is 0.153 e. The molecule has 0 heterocycles. The Morgan fingerprint density at radius 1 is 0.333 bits per heavy atom. The number of hydrogen-bond donors (Lipinski definition) is 0. The Bertz CT molecular complexity index is 1100. The summed E-state index contributed by atoms with van der Waals surface area (Å²) in [5, 5.41) is 8.11. The van der Waals surface area contributed by atoms with E-state index in [9.17, 15) is 0 Å². The molecule has 1 heteroatoms. The van der Waals surface area contributed by atoms with Gasteiger partial charge in [0.2, 0.25) is 0 Å². The zero-order chi connectivity index (χ0) is 17.6. The maximum Gasteiger partial charge on any atom is 0.153 e. The van der Waals surface area contributed by atoms with Crippen molar-refractivity contribution in [2.45, 2.75) is 0 Å². The number of terminal acetylenes is 1. The van der Waals surface area contributed by atoms with Gasteiger partial charge in [-0.05, 0) is 47.4 Å². The monoisotopic (exact) mass is 291 g/mol. The van der Waals surface area contributed by atoms with Crippen LogP contribution in [0, 0.1) is 142 Å². The van der Waals surface area contributed by atoms with Crippen molar-refractivity contribution in [1.82, 2.24) is 0 Å². The molecule has 0 aliphatic heterocycles. The lowest BCUT2D eigenvalue weighted by Crippen LogP contribution is -1.56. The van der Waals surface area contributed by atoms with Crippen molar-refractivity contribution >= 4 is 0 Å². The molecule has 24 heavy (non-hydrogen) atoms. The predicted molar refractivity (Wildman–Crippen MR) is 92.2 cm³/mol. The van der Waals surface area contributed by atoms with Gasteiger partial charge in [-0.3, -0.25) is 0 Å². The maximum atomic E-state index is 8.11. The second kappa shape index (κ2) is 17.6. The standard InChI is InChI=1S/C23HN/c1-2-3-4-5-6-7-8-9-10-11-12-13-14-15-16-17-18-19-20-21-22-23-24/h1H. The minimum Gasteiger partial charge on any atom is -0.183 e. The zero-order valence-corrected chi connectivity index (χ0v) is 12.0. The van der Waals surface area contributed by atoms with Crippen LogP contribution in [-0.2, 0) is 0 Å². The van der Waals surface area contributed by atoms with Crippen LogP contribution in [0.1, 0.15) is 0 Å². The summed E-state index contributed by atoms with van der Waals surface area (Å²) in [5.74, 6) is 50.4. The molecule has 0 aliphatic rings. The number of rotatable bonds is 0. The van der Waals surface area contributed by atoms with Crippen LogP contribution in [0.25, 0.3) is 0 Å². The van der Waals surface area contributed by atoms with Gasteiger partial charge in [0.1, 0.15) is 0 Å². The van der Waals surface area contributed by atoms with Gasteiger partial charge in [-0.2, -0.15) is 5.26 Å². The normalized spacial score (nSPS) is 3.75. The average Bonchev–Trinajstić information content (AvgIpc) is 2.60. The summed E-state index contributed by atoms with van der Waals surface area (Å²) >= 11 is 0. The Hall–Kier alpha value is -5.35. The minimum atomic E-state index is 1.62. The highest BCUT2D eigenvalue weighted by Crippen LogP contribution is 1.58. The minimum absolute atomic E-state index is 1.62. The molecule has 0 saturated heterocycles. The first kappa shape index (κ1) is 18.7. The lowest BCUT2D eigenvalue weighted by atomic mass is 10.4. The average molecular weight is 291 g/mol. The molecule has 0 amide bonds. The van der Waals surface area contributed by atoms with Crippen LogP contribution in [0.3, 0.4) is 0 Å². The molecule has 0 saturated carbocycles. The molecule has 0 radical (unpaired) electrons. The predicted octanol–water partition coefficient (Wildman–Crippen LogP) is 0.177. The van der Waals surface area contributed by atoms with Crippen molar-refractivity contribution in [2.75, 3.05) is 0 Å². The maximum absolute atomic E-state index is 8.11. The lowest BCUT2D eigenvalue weighted by Gasteiger charge is -1.56. The molecule has 0 aliphatic carbocycles. The van der Waals surface area contributed by atoms with E-state index in [0.29, 0.717) is 0 Å². The van der Waals surface area contributed by atoms with Gasteiger partial charge in [-0.25, -0.2) is 0 Å². The van der Waals surface area contributed by atoms with Crippen LogP contribution in [0.15, 0.2) is 0 Å². The van der Waals surface area contributed by atoms with Crippen LogP contribution in [0.5, 0.6) is 0 Å². The van der Waals surface area contributed by atoms with E-state index < -0.39 is 0 Å². The van der Waals surface area contributed by atoms with Crippen molar-refractivity contribution in [3.8, 4) is 137 Å². The van der Waals surface area contributed by atoms with Crippen LogP contribution in [0.2, 0.25) is 0 Å². The van der Waals surface area contributed by atoms with Gasteiger partial charge in [0, 0.05) is 77.0 Å². The van der Waals surface area contributed by atoms with Gasteiger partial charge in [0.05, 0.1) is 0 Å². The topological polar surface area (TPSA) is 23.8 Å². The Balaban J connectivity index is 4.40. The molecule has 0 rings (SSSR count). The highest BCUT2D eigenvalue weighted by Gasteiger charge is 1.58. The number of nitrogens with zero attached hydrogens (tertiary/aromatic N) is 1. The molecule has 0 aromatic rings. The van der Waals surface area contributed by atoms with Crippen molar-refractivity contribution in [2.24, 2.45) is 0 Å². The fraction of sp³-hybridized carbons (Fsp3) is 0. The Labute approximate surface area is 142 Å². The fourth-order valence-electron chi connectivity index (χ4n) is 0.627. The van der Waals surface area contributed by atoms with Gasteiger partial charge in [-0.1, -0.05) is 0 Å². The summed E-state index contributed by atoms with van der Waals surface area (Å²) in [6.07, 6.45) is 4.90. The van der Waals surface area contributed by atoms with E-state index in [4.69, 9.17) is 11.7 Å². The van der Waals surface area contributed by atoms with Crippen LogP contribution in [-0.4, -0.2) is 0 Å². The third-order valence-corrected chi connectivity index (χ3v) is 1.32. The molecule has 0 atom stereocenters. The van der Waals surface area contributed by atoms with E-state index in [1.807, 2.05) is 0 Å². The van der Waals surface area contributed by atoms with Crippen molar-refractivity contribution in [3.63, 3.8) is 0 Å². The first-order valence-electron chi connectivity index (χ1n) is 5.76. The van der Waals surface area contributed by atoms with Gasteiger partial charge >= 0.3 is 0 Å². The molecule has 1 nitrogen and oxygen atoms in total. The second-order valence-electron chi connectivity index (χ2n) is 2.76. The summed E-state index contributed by atoms with van der Waals surface area (Å²) in [6.45, 7) is 0. The zero-order valence-electron chi connectivity index (χ0n) is 12.0. The molecule has 98 valence electrons.